The Morgan fingerprint density at radius 2 is 1.11 bits per heavy atom. The first-order chi connectivity index (χ1) is 18.3. The Labute approximate surface area is 234 Å². The van der Waals surface area contributed by atoms with E-state index in [1.165, 1.54) is 22.7 Å². The number of benzene rings is 3. The van der Waals surface area contributed by atoms with Gasteiger partial charge in [0.1, 0.15) is 16.9 Å². The molecule has 0 atom stereocenters. The zero-order chi connectivity index (χ0) is 27.0. The number of thiophene rings is 2. The Morgan fingerprint density at radius 1 is 0.658 bits per heavy atom. The number of hydrogen-bond acceptors (Lipinski definition) is 2. The first-order valence-corrected chi connectivity index (χ1v) is 19.6. The van der Waals surface area contributed by atoms with Gasteiger partial charge in [-0.15, -0.1) is 33.8 Å². The van der Waals surface area contributed by atoms with Gasteiger partial charge in [-0.2, -0.15) is 8.78 Å². The van der Waals surface area contributed by atoms with Gasteiger partial charge < -0.3 is 0 Å². The van der Waals surface area contributed by atoms with Crippen molar-refractivity contribution >= 4 is 81.3 Å². The predicted molar refractivity (Wildman–Crippen MR) is 170 cm³/mol. The highest BCUT2D eigenvalue weighted by Gasteiger charge is 2.25. The average molecular weight is 574 g/mol. The lowest BCUT2D eigenvalue weighted by atomic mass is 9.91. The molecule has 3 aromatic carbocycles. The molecular weight excluding hydrogens is 543 g/mol. The van der Waals surface area contributed by atoms with Gasteiger partial charge in [-0.25, -0.2) is 0 Å². The fourth-order valence-electron chi connectivity index (χ4n) is 5.28. The second-order valence-corrected chi connectivity index (χ2v) is 19.7. The van der Waals surface area contributed by atoms with E-state index in [2.05, 4.69) is 81.8 Å². The smallest absolute Gasteiger partial charge is 0.177 e. The topological polar surface area (TPSA) is 0 Å². The fraction of sp³-hybridized carbons (Fsp3) is 0.312. The quantitative estimate of drug-likeness (QED) is 0.111. The van der Waals surface area contributed by atoms with Gasteiger partial charge in [-0.1, -0.05) is 58.5 Å². The third-order valence-electron chi connectivity index (χ3n) is 8.03. The molecule has 0 saturated heterocycles. The van der Waals surface area contributed by atoms with Crippen molar-refractivity contribution in [2.24, 2.45) is 0 Å². The Hall–Kier alpha value is -2.49. The predicted octanol–water partition coefficient (Wildman–Crippen LogP) is 10.5. The summed E-state index contributed by atoms with van der Waals surface area (Å²) < 4.78 is 30.6. The zero-order valence-electron chi connectivity index (χ0n) is 22.6. The first-order valence-electron chi connectivity index (χ1n) is 13.5. The fourth-order valence-corrected chi connectivity index (χ4v) is 10.5. The molecule has 1 radical (unpaired) electrons. The highest BCUT2D eigenvalue weighted by Crippen LogP contribution is 2.40. The Kier molecular flexibility index (Phi) is 7.80. The molecule has 0 unspecified atom stereocenters. The van der Waals surface area contributed by atoms with Gasteiger partial charge in [0.2, 0.25) is 0 Å². The standard InChI is InChI=1S/C32H31F2S2Si2/c1-6-37(7-2)13-11-23-25-15-21-17-31(33)36-30(21)20-28(25)24(12-14-38(8-3,9-4)10-5)26-16-22-18-32(34)35-29(22)19-27(23)26/h15-20H,6-10H2,1-5H3. The minimum Gasteiger partial charge on any atom is -0.195 e. The van der Waals surface area contributed by atoms with E-state index < -0.39 is 16.9 Å². The zero-order valence-corrected chi connectivity index (χ0v) is 26.2. The molecule has 5 aromatic rings. The van der Waals surface area contributed by atoms with Crippen molar-refractivity contribution < 1.29 is 8.78 Å². The molecule has 0 fully saturated rings. The molecule has 0 saturated carbocycles. The molecule has 0 aliphatic carbocycles. The van der Waals surface area contributed by atoms with E-state index in [1.54, 1.807) is 12.1 Å². The molecule has 38 heavy (non-hydrogen) atoms. The summed E-state index contributed by atoms with van der Waals surface area (Å²) in [7, 11) is -2.51. The Morgan fingerprint density at radius 3 is 1.55 bits per heavy atom. The Balaban J connectivity index is 1.98. The van der Waals surface area contributed by atoms with Crippen molar-refractivity contribution in [1.82, 2.24) is 0 Å². The van der Waals surface area contributed by atoms with Crippen molar-refractivity contribution in [3.63, 3.8) is 0 Å². The number of halogens is 2. The third-order valence-corrected chi connectivity index (χ3v) is 16.7. The first kappa shape index (κ1) is 27.1. The van der Waals surface area contributed by atoms with Crippen LogP contribution in [0.1, 0.15) is 45.7 Å². The molecular formula is C32H31F2S2Si2. The van der Waals surface area contributed by atoms with E-state index in [0.29, 0.717) is 0 Å². The van der Waals surface area contributed by atoms with Gasteiger partial charge in [-0.3, -0.25) is 0 Å². The van der Waals surface area contributed by atoms with Crippen LogP contribution in [0.4, 0.5) is 8.78 Å². The van der Waals surface area contributed by atoms with Crippen molar-refractivity contribution in [3.05, 3.63) is 57.8 Å². The molecule has 0 aliphatic rings. The monoisotopic (exact) mass is 573 g/mol. The molecule has 0 nitrogen and oxygen atoms in total. The summed E-state index contributed by atoms with van der Waals surface area (Å²) in [5.74, 6) is 7.26. The summed E-state index contributed by atoms with van der Waals surface area (Å²) >= 11 is 2.34. The maximum Gasteiger partial charge on any atom is 0.177 e. The molecule has 0 amide bonds. The van der Waals surface area contributed by atoms with E-state index >= 15 is 0 Å². The summed E-state index contributed by atoms with van der Waals surface area (Å²) in [6.07, 6.45) is 0. The number of fused-ring (bicyclic) bond motifs is 4. The lowest BCUT2D eigenvalue weighted by Gasteiger charge is -2.20. The molecule has 0 aliphatic heterocycles. The molecule has 2 heterocycles. The summed E-state index contributed by atoms with van der Waals surface area (Å²) in [6, 6.07) is 17.1. The molecule has 5 rings (SSSR count). The lowest BCUT2D eigenvalue weighted by molar-refractivity contribution is 0.658. The third kappa shape index (κ3) is 4.84. The van der Waals surface area contributed by atoms with Crippen LogP contribution in [0, 0.1) is 33.2 Å². The van der Waals surface area contributed by atoms with Gasteiger partial charge in [0, 0.05) is 31.3 Å². The van der Waals surface area contributed by atoms with Gasteiger partial charge in [0.25, 0.3) is 0 Å². The second-order valence-electron chi connectivity index (χ2n) is 9.87. The van der Waals surface area contributed by atoms with Crippen LogP contribution >= 0.6 is 22.7 Å². The molecule has 2 aromatic heterocycles. The van der Waals surface area contributed by atoms with Crippen molar-refractivity contribution in [3.8, 4) is 22.9 Å². The largest absolute Gasteiger partial charge is 0.195 e. The summed E-state index contributed by atoms with van der Waals surface area (Å²) in [5.41, 5.74) is 9.33. The van der Waals surface area contributed by atoms with Crippen LogP contribution in [0.15, 0.2) is 36.4 Å². The minimum absolute atomic E-state index is 0.187. The van der Waals surface area contributed by atoms with Crippen LogP contribution in [0.5, 0.6) is 0 Å². The summed E-state index contributed by atoms with van der Waals surface area (Å²) in [6.45, 7) is 11.2. The summed E-state index contributed by atoms with van der Waals surface area (Å²) in [4.78, 5) is 0. The van der Waals surface area contributed by atoms with Gasteiger partial charge in [0.05, 0.1) is 0 Å². The number of rotatable bonds is 5. The van der Waals surface area contributed by atoms with Crippen molar-refractivity contribution in [2.75, 3.05) is 0 Å². The van der Waals surface area contributed by atoms with Gasteiger partial charge in [-0.05, 0) is 76.1 Å². The number of hydrogen-bond donors (Lipinski definition) is 0. The average Bonchev–Trinajstić information content (AvgIpc) is 3.47. The molecule has 0 bridgehead atoms. The van der Waals surface area contributed by atoms with E-state index in [9.17, 15) is 8.78 Å². The maximum absolute atomic E-state index is 14.4. The van der Waals surface area contributed by atoms with E-state index in [1.807, 2.05) is 0 Å². The van der Waals surface area contributed by atoms with E-state index in [-0.39, 0.29) is 10.3 Å². The van der Waals surface area contributed by atoms with E-state index in [0.717, 1.165) is 83.1 Å². The highest BCUT2D eigenvalue weighted by atomic mass is 32.1. The maximum atomic E-state index is 14.4. The van der Waals surface area contributed by atoms with Gasteiger partial charge >= 0.3 is 0 Å². The molecule has 193 valence electrons. The van der Waals surface area contributed by atoms with Crippen LogP contribution in [0.3, 0.4) is 0 Å². The lowest BCUT2D eigenvalue weighted by Crippen LogP contribution is -2.29. The van der Waals surface area contributed by atoms with Crippen LogP contribution < -0.4 is 0 Å². The van der Waals surface area contributed by atoms with Crippen LogP contribution in [0.25, 0.3) is 41.7 Å². The van der Waals surface area contributed by atoms with Crippen LogP contribution in [0.2, 0.25) is 30.2 Å². The Bertz CT molecular complexity index is 1690. The second kappa shape index (κ2) is 10.9. The van der Waals surface area contributed by atoms with E-state index in [4.69, 9.17) is 0 Å². The van der Waals surface area contributed by atoms with Crippen molar-refractivity contribution in [1.29, 1.82) is 0 Å². The molecule has 6 heteroatoms. The van der Waals surface area contributed by atoms with Gasteiger partial charge in [0.15, 0.2) is 10.3 Å². The van der Waals surface area contributed by atoms with Crippen molar-refractivity contribution in [2.45, 2.75) is 64.8 Å². The van der Waals surface area contributed by atoms with Crippen LogP contribution in [-0.2, 0) is 0 Å². The molecule has 0 N–H and O–H groups in total. The normalized spacial score (nSPS) is 11.9. The van der Waals surface area contributed by atoms with Crippen LogP contribution in [-0.4, -0.2) is 16.9 Å². The SMILES string of the molecule is CC[Si](C#Cc1c2cc3cc(F)sc3cc2c(C#C[Si](CC)(CC)CC)c2cc3cc(F)sc3cc12)CC. The summed E-state index contributed by atoms with van der Waals surface area (Å²) in [5, 5.41) is 5.48. The minimum atomic E-state index is -1.73. The highest BCUT2D eigenvalue weighted by molar-refractivity contribution is 7.18. The molecule has 0 spiro atoms.